The third-order valence-electron chi connectivity index (χ3n) is 4.31. The maximum atomic E-state index is 9.43. The fourth-order valence-electron chi connectivity index (χ4n) is 3.00. The number of piperidine rings is 1. The molecule has 1 saturated carbocycles. The summed E-state index contributed by atoms with van der Waals surface area (Å²) in [6.45, 7) is 6.76. The molecule has 2 rings (SSSR count). The first-order valence-corrected chi connectivity index (χ1v) is 5.79. The van der Waals surface area contributed by atoms with E-state index in [0.29, 0.717) is 0 Å². The largest absolute Gasteiger partial charge is 0.285 e. The summed E-state index contributed by atoms with van der Waals surface area (Å²) in [6.07, 6.45) is 6.19. The molecule has 0 amide bonds. The van der Waals surface area contributed by atoms with Gasteiger partial charge in [0, 0.05) is 0 Å². The molecule has 1 aliphatic heterocycles. The Morgan fingerprint density at radius 1 is 1.07 bits per heavy atom. The minimum absolute atomic E-state index is 0.132. The van der Waals surface area contributed by atoms with Gasteiger partial charge in [-0.15, -0.1) is 0 Å². The molecule has 1 saturated heterocycles. The molecule has 0 radical (unpaired) electrons. The molecule has 1 heterocycles. The van der Waals surface area contributed by atoms with E-state index in [-0.39, 0.29) is 11.0 Å². The quantitative estimate of drug-likeness (QED) is 0.638. The predicted molar refractivity (Wildman–Crippen MR) is 56.8 cm³/mol. The van der Waals surface area contributed by atoms with Crippen LogP contribution in [0.15, 0.2) is 0 Å². The van der Waals surface area contributed by atoms with Gasteiger partial charge in [0.2, 0.25) is 0 Å². The van der Waals surface area contributed by atoms with Crippen LogP contribution in [0.4, 0.5) is 0 Å². The minimum atomic E-state index is -0.132. The number of likely N-dealkylation sites (tertiary alicyclic amines) is 1. The Hall–Kier alpha value is -0.550. The van der Waals surface area contributed by atoms with Crippen LogP contribution in [-0.4, -0.2) is 23.5 Å². The second kappa shape index (κ2) is 3.24. The Morgan fingerprint density at radius 3 is 2.07 bits per heavy atom. The highest BCUT2D eigenvalue weighted by Crippen LogP contribution is 2.53. The molecular formula is C12H20N2. The number of hydrogen-bond donors (Lipinski definition) is 0. The van der Waals surface area contributed by atoms with Crippen molar-refractivity contribution in [2.24, 2.45) is 5.41 Å². The van der Waals surface area contributed by atoms with E-state index in [1.165, 1.54) is 25.7 Å². The van der Waals surface area contributed by atoms with Crippen molar-refractivity contribution < 1.29 is 0 Å². The van der Waals surface area contributed by atoms with Crippen LogP contribution in [-0.2, 0) is 0 Å². The lowest BCUT2D eigenvalue weighted by Gasteiger charge is -2.58. The Morgan fingerprint density at radius 2 is 1.71 bits per heavy atom. The van der Waals surface area contributed by atoms with E-state index in [9.17, 15) is 5.26 Å². The zero-order chi connectivity index (χ0) is 10.2. The fourth-order valence-corrected chi connectivity index (χ4v) is 3.00. The van der Waals surface area contributed by atoms with Crippen molar-refractivity contribution in [2.45, 2.75) is 51.5 Å². The number of nitriles is 1. The van der Waals surface area contributed by atoms with Crippen molar-refractivity contribution in [2.75, 3.05) is 13.1 Å². The fraction of sp³-hybridized carbons (Fsp3) is 0.917. The van der Waals surface area contributed by atoms with Crippen molar-refractivity contribution in [3.63, 3.8) is 0 Å². The summed E-state index contributed by atoms with van der Waals surface area (Å²) in [5.74, 6) is 0. The molecule has 0 aromatic rings. The van der Waals surface area contributed by atoms with Gasteiger partial charge in [-0.3, -0.25) is 4.90 Å². The maximum Gasteiger partial charge on any atom is 0.114 e. The Kier molecular flexibility index (Phi) is 2.31. The maximum absolute atomic E-state index is 9.43. The number of hydrogen-bond acceptors (Lipinski definition) is 2. The van der Waals surface area contributed by atoms with Crippen LogP contribution in [0.2, 0.25) is 0 Å². The first-order valence-electron chi connectivity index (χ1n) is 5.79. The molecule has 1 aliphatic carbocycles. The van der Waals surface area contributed by atoms with E-state index < -0.39 is 0 Å². The van der Waals surface area contributed by atoms with E-state index in [1.807, 2.05) is 0 Å². The van der Waals surface area contributed by atoms with Crippen LogP contribution in [0.25, 0.3) is 0 Å². The molecule has 0 bridgehead atoms. The van der Waals surface area contributed by atoms with Crippen molar-refractivity contribution in [3.8, 4) is 6.07 Å². The van der Waals surface area contributed by atoms with E-state index in [1.54, 1.807) is 0 Å². The first-order chi connectivity index (χ1) is 6.62. The van der Waals surface area contributed by atoms with E-state index in [4.69, 9.17) is 0 Å². The molecule has 1 unspecified atom stereocenters. The molecule has 2 nitrogen and oxygen atoms in total. The van der Waals surface area contributed by atoms with Gasteiger partial charge >= 0.3 is 0 Å². The zero-order valence-corrected chi connectivity index (χ0v) is 9.34. The standard InChI is InChI=1S/C12H20N2/c1-11(2)6-7-12(11,10-13)14-8-4-3-5-9-14/h3-9H2,1-2H3. The summed E-state index contributed by atoms with van der Waals surface area (Å²) < 4.78 is 0. The lowest BCUT2D eigenvalue weighted by Crippen LogP contribution is -2.64. The smallest absolute Gasteiger partial charge is 0.114 e. The average molecular weight is 192 g/mol. The highest BCUT2D eigenvalue weighted by Gasteiger charge is 2.57. The SMILES string of the molecule is CC1(C)CCC1(C#N)N1CCCCC1. The van der Waals surface area contributed by atoms with Gasteiger partial charge < -0.3 is 0 Å². The van der Waals surface area contributed by atoms with Gasteiger partial charge in [0.1, 0.15) is 5.54 Å². The van der Waals surface area contributed by atoms with E-state index in [2.05, 4.69) is 24.8 Å². The molecule has 2 aliphatic rings. The lowest BCUT2D eigenvalue weighted by molar-refractivity contribution is -0.0663. The third-order valence-corrected chi connectivity index (χ3v) is 4.31. The van der Waals surface area contributed by atoms with E-state index in [0.717, 1.165) is 19.5 Å². The van der Waals surface area contributed by atoms with E-state index >= 15 is 0 Å². The van der Waals surface area contributed by atoms with Gasteiger partial charge in [-0.25, -0.2) is 0 Å². The molecule has 0 aromatic carbocycles. The number of nitrogens with zero attached hydrogens (tertiary/aromatic N) is 2. The van der Waals surface area contributed by atoms with Crippen LogP contribution < -0.4 is 0 Å². The molecule has 1 atom stereocenters. The second-order valence-electron chi connectivity index (χ2n) is 5.40. The van der Waals surface area contributed by atoms with Crippen molar-refractivity contribution in [1.82, 2.24) is 4.90 Å². The normalized spacial score (nSPS) is 37.2. The predicted octanol–water partition coefficient (Wildman–Crippen LogP) is 2.55. The van der Waals surface area contributed by atoms with Crippen molar-refractivity contribution in [1.29, 1.82) is 5.26 Å². The van der Waals surface area contributed by atoms with Crippen molar-refractivity contribution >= 4 is 0 Å². The highest BCUT2D eigenvalue weighted by molar-refractivity contribution is 5.22. The highest BCUT2D eigenvalue weighted by atomic mass is 15.2. The van der Waals surface area contributed by atoms with Gasteiger partial charge in [0.25, 0.3) is 0 Å². The topological polar surface area (TPSA) is 27.0 Å². The molecule has 0 spiro atoms. The molecule has 0 N–H and O–H groups in total. The van der Waals surface area contributed by atoms with Crippen molar-refractivity contribution in [3.05, 3.63) is 0 Å². The van der Waals surface area contributed by atoms with Crippen LogP contribution in [0.1, 0.15) is 46.0 Å². The summed E-state index contributed by atoms with van der Waals surface area (Å²) >= 11 is 0. The Balaban J connectivity index is 2.17. The molecule has 2 heteroatoms. The van der Waals surface area contributed by atoms with Crippen LogP contribution in [0.3, 0.4) is 0 Å². The number of rotatable bonds is 1. The van der Waals surface area contributed by atoms with Gasteiger partial charge in [0.05, 0.1) is 6.07 Å². The molecule has 78 valence electrons. The van der Waals surface area contributed by atoms with Crippen LogP contribution in [0.5, 0.6) is 0 Å². The summed E-state index contributed by atoms with van der Waals surface area (Å²) in [6, 6.07) is 2.60. The summed E-state index contributed by atoms with van der Waals surface area (Å²) in [5.41, 5.74) is 0.0759. The molecule has 0 aromatic heterocycles. The minimum Gasteiger partial charge on any atom is -0.285 e. The first kappa shape index (κ1) is 9.98. The third kappa shape index (κ3) is 1.19. The summed E-state index contributed by atoms with van der Waals surface area (Å²) in [7, 11) is 0. The van der Waals surface area contributed by atoms with Gasteiger partial charge in [0.15, 0.2) is 0 Å². The Bertz CT molecular complexity index is 258. The zero-order valence-electron chi connectivity index (χ0n) is 9.34. The van der Waals surface area contributed by atoms with Gasteiger partial charge in [-0.2, -0.15) is 5.26 Å². The second-order valence-corrected chi connectivity index (χ2v) is 5.40. The molecular weight excluding hydrogens is 172 g/mol. The summed E-state index contributed by atoms with van der Waals surface area (Å²) in [5, 5.41) is 9.43. The van der Waals surface area contributed by atoms with Gasteiger partial charge in [-0.05, 0) is 44.2 Å². The van der Waals surface area contributed by atoms with Crippen LogP contribution >= 0.6 is 0 Å². The lowest BCUT2D eigenvalue weighted by atomic mass is 9.56. The monoisotopic (exact) mass is 192 g/mol. The molecule has 2 fully saturated rings. The summed E-state index contributed by atoms with van der Waals surface area (Å²) in [4.78, 5) is 2.44. The average Bonchev–Trinajstić information content (AvgIpc) is 2.19. The molecule has 14 heavy (non-hydrogen) atoms. The van der Waals surface area contributed by atoms with Gasteiger partial charge in [-0.1, -0.05) is 20.3 Å². The Labute approximate surface area is 86.9 Å². The van der Waals surface area contributed by atoms with Crippen LogP contribution in [0, 0.1) is 16.7 Å².